The molecule has 0 saturated carbocycles. The van der Waals surface area contributed by atoms with E-state index in [1.165, 1.54) is 0 Å². The fraction of sp³-hybridized carbons (Fsp3) is 0.875. The Morgan fingerprint density at radius 1 is 1.58 bits per heavy atom. The fourth-order valence-electron chi connectivity index (χ4n) is 1.71. The normalized spacial score (nSPS) is 24.6. The van der Waals surface area contributed by atoms with Crippen LogP contribution in [0.3, 0.4) is 0 Å². The summed E-state index contributed by atoms with van der Waals surface area (Å²) in [5, 5.41) is 0. The molecule has 0 aromatic rings. The van der Waals surface area contributed by atoms with E-state index in [-0.39, 0.29) is 11.9 Å². The van der Waals surface area contributed by atoms with Gasteiger partial charge in [-0.25, -0.2) is 0 Å². The highest BCUT2D eigenvalue weighted by atomic mass is 16.1. The van der Waals surface area contributed by atoms with E-state index in [0.29, 0.717) is 6.54 Å². The lowest BCUT2D eigenvalue weighted by Gasteiger charge is -2.20. The van der Waals surface area contributed by atoms with Crippen LogP contribution in [0.4, 0.5) is 0 Å². The van der Waals surface area contributed by atoms with E-state index >= 15 is 0 Å². The van der Waals surface area contributed by atoms with Crippen molar-refractivity contribution in [1.29, 1.82) is 0 Å². The summed E-state index contributed by atoms with van der Waals surface area (Å²) in [6, 6.07) is -0.0310. The van der Waals surface area contributed by atoms with E-state index in [1.54, 1.807) is 0 Å². The van der Waals surface area contributed by atoms with Crippen molar-refractivity contribution in [2.24, 2.45) is 11.5 Å². The molecule has 0 bridgehead atoms. The van der Waals surface area contributed by atoms with Gasteiger partial charge in [0.2, 0.25) is 5.91 Å². The molecule has 0 aromatic carbocycles. The SMILES string of the molecule is NCCCN1CCCC1C(N)=O. The Bertz CT molecular complexity index is 160. The Balaban J connectivity index is 2.35. The van der Waals surface area contributed by atoms with Crippen LogP contribution in [0.1, 0.15) is 19.3 Å². The summed E-state index contributed by atoms with van der Waals surface area (Å²) in [4.78, 5) is 13.1. The average Bonchev–Trinajstić information content (AvgIpc) is 2.48. The first-order chi connectivity index (χ1) is 5.75. The highest BCUT2D eigenvalue weighted by Gasteiger charge is 2.27. The molecule has 1 fully saturated rings. The number of primary amides is 1. The lowest BCUT2D eigenvalue weighted by Crippen LogP contribution is -2.41. The van der Waals surface area contributed by atoms with Crippen LogP contribution < -0.4 is 11.5 Å². The fourth-order valence-corrected chi connectivity index (χ4v) is 1.71. The van der Waals surface area contributed by atoms with Crippen molar-refractivity contribution in [2.45, 2.75) is 25.3 Å². The number of carbonyl (C=O) groups is 1. The quantitative estimate of drug-likeness (QED) is 0.586. The lowest BCUT2D eigenvalue weighted by atomic mass is 10.2. The van der Waals surface area contributed by atoms with E-state index in [2.05, 4.69) is 4.90 Å². The molecule has 1 aliphatic rings. The van der Waals surface area contributed by atoms with Gasteiger partial charge in [0.05, 0.1) is 6.04 Å². The second-order valence-corrected chi connectivity index (χ2v) is 3.24. The maximum atomic E-state index is 10.9. The number of amides is 1. The largest absolute Gasteiger partial charge is 0.368 e. The first-order valence-corrected chi connectivity index (χ1v) is 4.49. The Morgan fingerprint density at radius 3 is 2.92 bits per heavy atom. The molecule has 1 unspecified atom stereocenters. The summed E-state index contributed by atoms with van der Waals surface area (Å²) in [6.45, 7) is 2.58. The highest BCUT2D eigenvalue weighted by molar-refractivity contribution is 5.80. The van der Waals surface area contributed by atoms with Gasteiger partial charge in [-0.1, -0.05) is 0 Å². The molecule has 0 radical (unpaired) electrons. The van der Waals surface area contributed by atoms with Gasteiger partial charge in [0.1, 0.15) is 0 Å². The molecule has 1 aliphatic heterocycles. The van der Waals surface area contributed by atoms with Crippen molar-refractivity contribution >= 4 is 5.91 Å². The molecular formula is C8H17N3O. The third kappa shape index (κ3) is 2.19. The standard InChI is InChI=1S/C8H17N3O/c9-4-2-6-11-5-1-3-7(11)8(10)12/h7H,1-6,9H2,(H2,10,12). The average molecular weight is 171 g/mol. The topological polar surface area (TPSA) is 72.3 Å². The van der Waals surface area contributed by atoms with Crippen molar-refractivity contribution in [1.82, 2.24) is 4.90 Å². The number of hydrogen-bond donors (Lipinski definition) is 2. The molecule has 0 spiro atoms. The van der Waals surface area contributed by atoms with Gasteiger partial charge in [-0.2, -0.15) is 0 Å². The highest BCUT2D eigenvalue weighted by Crippen LogP contribution is 2.16. The van der Waals surface area contributed by atoms with Crippen LogP contribution in [0.2, 0.25) is 0 Å². The monoisotopic (exact) mass is 171 g/mol. The molecule has 1 atom stereocenters. The smallest absolute Gasteiger partial charge is 0.234 e. The molecule has 4 N–H and O–H groups in total. The van der Waals surface area contributed by atoms with Crippen LogP contribution in [0, 0.1) is 0 Å². The second-order valence-electron chi connectivity index (χ2n) is 3.24. The molecule has 0 aliphatic carbocycles. The molecular weight excluding hydrogens is 154 g/mol. The minimum absolute atomic E-state index is 0.0310. The Kier molecular flexibility index (Phi) is 3.49. The molecule has 4 heteroatoms. The lowest BCUT2D eigenvalue weighted by molar-refractivity contribution is -0.122. The summed E-state index contributed by atoms with van der Waals surface area (Å²) in [5.41, 5.74) is 10.6. The summed E-state index contributed by atoms with van der Waals surface area (Å²) in [7, 11) is 0. The van der Waals surface area contributed by atoms with Gasteiger partial charge in [0, 0.05) is 6.54 Å². The predicted octanol–water partition coefficient (Wildman–Crippen LogP) is -0.715. The molecule has 12 heavy (non-hydrogen) atoms. The van der Waals surface area contributed by atoms with Gasteiger partial charge >= 0.3 is 0 Å². The van der Waals surface area contributed by atoms with Gasteiger partial charge in [-0.15, -0.1) is 0 Å². The van der Waals surface area contributed by atoms with E-state index in [9.17, 15) is 4.79 Å². The van der Waals surface area contributed by atoms with Gasteiger partial charge in [-0.05, 0) is 32.4 Å². The van der Waals surface area contributed by atoms with E-state index in [0.717, 1.165) is 32.4 Å². The van der Waals surface area contributed by atoms with Gasteiger partial charge in [0.25, 0.3) is 0 Å². The minimum atomic E-state index is -0.190. The van der Waals surface area contributed by atoms with E-state index in [4.69, 9.17) is 11.5 Å². The van der Waals surface area contributed by atoms with Gasteiger partial charge in [-0.3, -0.25) is 9.69 Å². The van der Waals surface area contributed by atoms with Crippen LogP contribution in [0.15, 0.2) is 0 Å². The van der Waals surface area contributed by atoms with Crippen molar-refractivity contribution < 1.29 is 4.79 Å². The second kappa shape index (κ2) is 4.42. The predicted molar refractivity (Wildman–Crippen MR) is 47.5 cm³/mol. The van der Waals surface area contributed by atoms with Crippen LogP contribution in [0.25, 0.3) is 0 Å². The molecule has 1 saturated heterocycles. The zero-order valence-electron chi connectivity index (χ0n) is 7.33. The van der Waals surface area contributed by atoms with Crippen LogP contribution in [-0.4, -0.2) is 36.5 Å². The number of nitrogens with zero attached hydrogens (tertiary/aromatic N) is 1. The first kappa shape index (κ1) is 9.48. The zero-order chi connectivity index (χ0) is 8.97. The molecule has 70 valence electrons. The van der Waals surface area contributed by atoms with Crippen molar-refractivity contribution in [3.05, 3.63) is 0 Å². The Labute approximate surface area is 72.9 Å². The van der Waals surface area contributed by atoms with Gasteiger partial charge < -0.3 is 11.5 Å². The summed E-state index contributed by atoms with van der Waals surface area (Å²) in [5.74, 6) is -0.190. The zero-order valence-corrected chi connectivity index (χ0v) is 7.33. The van der Waals surface area contributed by atoms with Crippen LogP contribution in [-0.2, 0) is 4.79 Å². The van der Waals surface area contributed by atoms with Crippen molar-refractivity contribution in [3.8, 4) is 0 Å². The Hall–Kier alpha value is -0.610. The molecule has 1 heterocycles. The maximum absolute atomic E-state index is 10.9. The Morgan fingerprint density at radius 2 is 2.33 bits per heavy atom. The minimum Gasteiger partial charge on any atom is -0.368 e. The number of rotatable bonds is 4. The van der Waals surface area contributed by atoms with E-state index < -0.39 is 0 Å². The number of likely N-dealkylation sites (tertiary alicyclic amines) is 1. The molecule has 1 rings (SSSR count). The third-order valence-electron chi connectivity index (χ3n) is 2.34. The molecule has 1 amide bonds. The number of hydrogen-bond acceptors (Lipinski definition) is 3. The van der Waals surface area contributed by atoms with Crippen molar-refractivity contribution in [2.75, 3.05) is 19.6 Å². The van der Waals surface area contributed by atoms with E-state index in [1.807, 2.05) is 0 Å². The number of carbonyl (C=O) groups excluding carboxylic acids is 1. The van der Waals surface area contributed by atoms with Crippen LogP contribution in [0.5, 0.6) is 0 Å². The van der Waals surface area contributed by atoms with Crippen molar-refractivity contribution in [3.63, 3.8) is 0 Å². The van der Waals surface area contributed by atoms with Crippen LogP contribution >= 0.6 is 0 Å². The molecule has 4 nitrogen and oxygen atoms in total. The summed E-state index contributed by atoms with van der Waals surface area (Å²) in [6.07, 6.45) is 2.95. The summed E-state index contributed by atoms with van der Waals surface area (Å²) < 4.78 is 0. The maximum Gasteiger partial charge on any atom is 0.234 e. The molecule has 0 aromatic heterocycles. The number of nitrogens with two attached hydrogens (primary N) is 2. The summed E-state index contributed by atoms with van der Waals surface area (Å²) >= 11 is 0. The third-order valence-corrected chi connectivity index (χ3v) is 2.34. The first-order valence-electron chi connectivity index (χ1n) is 4.49. The van der Waals surface area contributed by atoms with Gasteiger partial charge in [0.15, 0.2) is 0 Å².